The number of hydrogen-bond donors (Lipinski definition) is 2. The van der Waals surface area contributed by atoms with Crippen molar-refractivity contribution in [1.82, 2.24) is 34.4 Å². The van der Waals surface area contributed by atoms with Crippen molar-refractivity contribution in [3.8, 4) is 17.1 Å². The van der Waals surface area contributed by atoms with Crippen LogP contribution in [0.2, 0.25) is 5.02 Å². The van der Waals surface area contributed by atoms with Crippen molar-refractivity contribution < 1.29 is 36.2 Å². The molecule has 0 radical (unpaired) electrons. The Kier molecular flexibility index (Phi) is 7.62. The predicted octanol–water partition coefficient (Wildman–Crippen LogP) is 4.22. The fourth-order valence-corrected chi connectivity index (χ4v) is 4.39. The Morgan fingerprint density at radius 2 is 1.77 bits per heavy atom. The molecule has 2 N–H and O–H groups in total. The Morgan fingerprint density at radius 3 is 2.37 bits per heavy atom. The van der Waals surface area contributed by atoms with Crippen molar-refractivity contribution in [2.24, 2.45) is 0 Å². The van der Waals surface area contributed by atoms with Crippen LogP contribution in [0, 0.1) is 0 Å². The van der Waals surface area contributed by atoms with Gasteiger partial charge in [0.1, 0.15) is 12.9 Å². The number of carbonyl (C=O) groups is 1. The lowest BCUT2D eigenvalue weighted by molar-refractivity contribution is -0.207. The van der Waals surface area contributed by atoms with Gasteiger partial charge in [0, 0.05) is 16.1 Å². The standard InChI is InChI=1S/C26H22ClF6N7O3/c1-24(9-10-24)35-22(42)16-3-2-4-17(25(28,29)30)20(16)40-13-34-19(36-40)12-39-23(43)38(11-18(41)26(31,32)33)21(37-39)14-5-7-15(27)8-6-14/h2-8,13,18,41H,9-12H2,1H3,(H,35,42). The first-order valence-corrected chi connectivity index (χ1v) is 13.1. The van der Waals surface area contributed by atoms with E-state index < -0.39 is 59.9 Å². The van der Waals surface area contributed by atoms with Crippen LogP contribution in [0.3, 0.4) is 0 Å². The highest BCUT2D eigenvalue weighted by Crippen LogP contribution is 2.37. The molecule has 1 aliphatic rings. The molecule has 43 heavy (non-hydrogen) atoms. The van der Waals surface area contributed by atoms with E-state index in [1.807, 2.05) is 0 Å². The number of carbonyl (C=O) groups excluding carboxylic acids is 1. The van der Waals surface area contributed by atoms with Crippen molar-refractivity contribution >= 4 is 17.5 Å². The van der Waals surface area contributed by atoms with E-state index in [0.717, 1.165) is 23.1 Å². The Bertz CT molecular complexity index is 1720. The van der Waals surface area contributed by atoms with E-state index in [1.54, 1.807) is 6.92 Å². The highest BCUT2D eigenvalue weighted by Gasteiger charge is 2.41. The minimum Gasteiger partial charge on any atom is -0.382 e. The zero-order valence-electron chi connectivity index (χ0n) is 22.1. The number of nitrogens with one attached hydrogen (secondary N) is 1. The SMILES string of the molecule is CC1(NC(=O)c2cccc(C(F)(F)F)c2-n2cnc(Cn3nc(-c4ccc(Cl)cc4)n(CC(O)C(F)(F)F)c3=O)n2)CC1. The molecule has 1 atom stereocenters. The van der Waals surface area contributed by atoms with E-state index in [0.29, 0.717) is 27.1 Å². The molecule has 0 aliphatic heterocycles. The third kappa shape index (κ3) is 6.44. The average Bonchev–Trinajstić information content (AvgIpc) is 3.33. The summed E-state index contributed by atoms with van der Waals surface area (Å²) in [5, 5.41) is 20.8. The van der Waals surface area contributed by atoms with E-state index in [9.17, 15) is 41.0 Å². The normalized spacial score (nSPS) is 15.4. The number of hydrogen-bond acceptors (Lipinski definition) is 6. The number of alkyl halides is 6. The molecule has 2 aromatic heterocycles. The van der Waals surface area contributed by atoms with E-state index >= 15 is 0 Å². The molecule has 5 rings (SSSR count). The van der Waals surface area contributed by atoms with E-state index in [2.05, 4.69) is 20.5 Å². The van der Waals surface area contributed by atoms with Gasteiger partial charge in [-0.3, -0.25) is 9.36 Å². The van der Waals surface area contributed by atoms with Gasteiger partial charge in [-0.25, -0.2) is 19.1 Å². The van der Waals surface area contributed by atoms with Crippen LogP contribution in [-0.4, -0.2) is 57.9 Å². The van der Waals surface area contributed by atoms with Crippen LogP contribution >= 0.6 is 11.6 Å². The predicted molar refractivity (Wildman–Crippen MR) is 140 cm³/mol. The fourth-order valence-electron chi connectivity index (χ4n) is 4.27. The number of benzene rings is 2. The second-order valence-electron chi connectivity index (χ2n) is 10.3. The number of rotatable bonds is 8. The minimum atomic E-state index is -5.04. The second kappa shape index (κ2) is 10.8. The van der Waals surface area contributed by atoms with Crippen LogP contribution in [-0.2, 0) is 19.3 Å². The van der Waals surface area contributed by atoms with Crippen LogP contribution in [0.4, 0.5) is 26.3 Å². The summed E-state index contributed by atoms with van der Waals surface area (Å²) in [5.74, 6) is -1.22. The van der Waals surface area contributed by atoms with Crippen molar-refractivity contribution in [2.45, 2.75) is 56.9 Å². The smallest absolute Gasteiger partial charge is 0.382 e. The van der Waals surface area contributed by atoms with E-state index in [4.69, 9.17) is 11.6 Å². The monoisotopic (exact) mass is 629 g/mol. The maximum atomic E-state index is 14.0. The van der Waals surface area contributed by atoms with Gasteiger partial charge in [0.25, 0.3) is 5.91 Å². The summed E-state index contributed by atoms with van der Waals surface area (Å²) >= 11 is 5.89. The van der Waals surface area contributed by atoms with Crippen molar-refractivity contribution in [1.29, 1.82) is 0 Å². The maximum Gasteiger partial charge on any atom is 0.418 e. The zero-order valence-corrected chi connectivity index (χ0v) is 22.9. The third-order valence-electron chi connectivity index (χ3n) is 6.82. The molecule has 0 saturated heterocycles. The first kappa shape index (κ1) is 30.3. The fraction of sp³-hybridized carbons (Fsp3) is 0.346. The average molecular weight is 630 g/mol. The lowest BCUT2D eigenvalue weighted by Crippen LogP contribution is -2.37. The summed E-state index contributed by atoms with van der Waals surface area (Å²) in [6.45, 7) is 0.0163. The summed E-state index contributed by atoms with van der Waals surface area (Å²) in [4.78, 5) is 30.1. The molecule has 0 bridgehead atoms. The van der Waals surface area contributed by atoms with E-state index in [1.165, 1.54) is 30.3 Å². The van der Waals surface area contributed by atoms with Gasteiger partial charge in [-0.05, 0) is 56.2 Å². The first-order valence-electron chi connectivity index (χ1n) is 12.7. The zero-order chi connectivity index (χ0) is 31.3. The Labute approximate surface area is 243 Å². The summed E-state index contributed by atoms with van der Waals surface area (Å²) in [6.07, 6.45) is -10.5. The third-order valence-corrected chi connectivity index (χ3v) is 7.07. The highest BCUT2D eigenvalue weighted by atomic mass is 35.5. The molecule has 228 valence electrons. The van der Waals surface area contributed by atoms with Crippen molar-refractivity contribution in [2.75, 3.05) is 0 Å². The Morgan fingerprint density at radius 1 is 1.09 bits per heavy atom. The molecule has 1 saturated carbocycles. The molecule has 10 nitrogen and oxygen atoms in total. The number of nitrogens with zero attached hydrogens (tertiary/aromatic N) is 6. The Hall–Kier alpha value is -4.18. The van der Waals surface area contributed by atoms with Crippen LogP contribution < -0.4 is 11.0 Å². The molecule has 1 aliphatic carbocycles. The lowest BCUT2D eigenvalue weighted by Gasteiger charge is -2.18. The lowest BCUT2D eigenvalue weighted by atomic mass is 10.1. The largest absolute Gasteiger partial charge is 0.418 e. The van der Waals surface area contributed by atoms with Gasteiger partial charge in [-0.15, -0.1) is 10.2 Å². The molecular weight excluding hydrogens is 608 g/mol. The summed E-state index contributed by atoms with van der Waals surface area (Å²) in [7, 11) is 0. The first-order chi connectivity index (χ1) is 20.1. The van der Waals surface area contributed by atoms with Gasteiger partial charge in [0.2, 0.25) is 0 Å². The second-order valence-corrected chi connectivity index (χ2v) is 10.7. The number of aliphatic hydroxyl groups is 1. The van der Waals surface area contributed by atoms with Crippen LogP contribution in [0.15, 0.2) is 53.6 Å². The topological polar surface area (TPSA) is 120 Å². The Balaban J connectivity index is 1.53. The molecule has 0 spiro atoms. The number of para-hydroxylation sites is 1. The molecule has 2 heterocycles. The molecule has 4 aromatic rings. The molecule has 2 aromatic carbocycles. The molecule has 17 heteroatoms. The number of aromatic nitrogens is 6. The van der Waals surface area contributed by atoms with Crippen LogP contribution in [0.5, 0.6) is 0 Å². The van der Waals surface area contributed by atoms with Gasteiger partial charge >= 0.3 is 18.0 Å². The van der Waals surface area contributed by atoms with Crippen molar-refractivity contribution in [3.05, 3.63) is 81.3 Å². The summed E-state index contributed by atoms with van der Waals surface area (Å²) in [6, 6.07) is 8.73. The summed E-state index contributed by atoms with van der Waals surface area (Å²) in [5.41, 5.74) is -3.47. The van der Waals surface area contributed by atoms with Gasteiger partial charge in [0.05, 0.1) is 23.4 Å². The number of aliphatic hydroxyl groups excluding tert-OH is 1. The molecule has 1 amide bonds. The molecular formula is C26H22ClF6N7O3. The molecule has 1 fully saturated rings. The summed E-state index contributed by atoms with van der Waals surface area (Å²) < 4.78 is 83.4. The number of halogens is 7. The quantitative estimate of drug-likeness (QED) is 0.282. The van der Waals surface area contributed by atoms with Gasteiger partial charge in [-0.2, -0.15) is 26.3 Å². The number of amides is 1. The highest BCUT2D eigenvalue weighted by molar-refractivity contribution is 6.30. The van der Waals surface area contributed by atoms with Crippen LogP contribution in [0.1, 0.15) is 41.5 Å². The van der Waals surface area contributed by atoms with Gasteiger partial charge in [0.15, 0.2) is 17.8 Å². The van der Waals surface area contributed by atoms with Crippen molar-refractivity contribution in [3.63, 3.8) is 0 Å². The maximum absolute atomic E-state index is 14.0. The minimum absolute atomic E-state index is 0.201. The van der Waals surface area contributed by atoms with E-state index in [-0.39, 0.29) is 22.8 Å². The molecule has 1 unspecified atom stereocenters. The van der Waals surface area contributed by atoms with Gasteiger partial charge < -0.3 is 10.4 Å². The van der Waals surface area contributed by atoms with Crippen LogP contribution in [0.25, 0.3) is 17.1 Å². The van der Waals surface area contributed by atoms with Gasteiger partial charge in [-0.1, -0.05) is 17.7 Å².